The van der Waals surface area contributed by atoms with Crippen molar-refractivity contribution in [1.82, 2.24) is 4.90 Å². The second kappa shape index (κ2) is 5.36. The first-order valence-electron chi connectivity index (χ1n) is 5.02. The molecule has 0 spiro atoms. The van der Waals surface area contributed by atoms with Gasteiger partial charge >= 0.3 is 0 Å². The van der Waals surface area contributed by atoms with Gasteiger partial charge in [0.1, 0.15) is 0 Å². The van der Waals surface area contributed by atoms with E-state index in [9.17, 15) is 4.79 Å². The van der Waals surface area contributed by atoms with Crippen molar-refractivity contribution in [2.45, 2.75) is 13.8 Å². The monoisotopic (exact) mass is 208 g/mol. The Bertz CT molecular complexity index is 318. The maximum absolute atomic E-state index is 11.8. The molecule has 1 aromatic carbocycles. The molecule has 15 heavy (non-hydrogen) atoms. The summed E-state index contributed by atoms with van der Waals surface area (Å²) >= 11 is 0. The number of nitrogens with one attached hydrogen (secondary N) is 1. The standard InChI is InChI=1S/C11H16N2O2/c1-3-13(4-2)11(14)9-5-7-10(12-15)8-6-9/h5-8,12,15H,3-4H2,1-2H3. The molecule has 0 saturated heterocycles. The highest BCUT2D eigenvalue weighted by Gasteiger charge is 2.11. The molecule has 82 valence electrons. The summed E-state index contributed by atoms with van der Waals surface area (Å²) in [4.78, 5) is 13.6. The highest BCUT2D eigenvalue weighted by atomic mass is 16.5. The van der Waals surface area contributed by atoms with Crippen LogP contribution in [-0.4, -0.2) is 29.1 Å². The summed E-state index contributed by atoms with van der Waals surface area (Å²) in [5, 5.41) is 8.62. The molecule has 0 heterocycles. The highest BCUT2D eigenvalue weighted by Crippen LogP contribution is 2.10. The fraction of sp³-hybridized carbons (Fsp3) is 0.364. The van der Waals surface area contributed by atoms with E-state index in [4.69, 9.17) is 5.21 Å². The minimum atomic E-state index is 0.0180. The third-order valence-electron chi connectivity index (χ3n) is 2.31. The number of anilines is 1. The normalized spacial score (nSPS) is 9.80. The zero-order valence-electron chi connectivity index (χ0n) is 9.03. The lowest BCUT2D eigenvalue weighted by atomic mass is 10.2. The van der Waals surface area contributed by atoms with E-state index in [1.807, 2.05) is 19.3 Å². The van der Waals surface area contributed by atoms with Gasteiger partial charge in [-0.3, -0.25) is 15.5 Å². The van der Waals surface area contributed by atoms with Gasteiger partial charge in [-0.15, -0.1) is 0 Å². The Balaban J connectivity index is 2.82. The molecule has 1 rings (SSSR count). The van der Waals surface area contributed by atoms with Gasteiger partial charge in [0.25, 0.3) is 5.91 Å². The van der Waals surface area contributed by atoms with Crippen molar-refractivity contribution in [3.63, 3.8) is 0 Å². The average Bonchev–Trinajstić information content (AvgIpc) is 2.30. The molecule has 4 heteroatoms. The molecule has 0 saturated carbocycles. The smallest absolute Gasteiger partial charge is 0.253 e. The summed E-state index contributed by atoms with van der Waals surface area (Å²) in [6, 6.07) is 6.71. The lowest BCUT2D eigenvalue weighted by molar-refractivity contribution is 0.0773. The Labute approximate surface area is 89.5 Å². The summed E-state index contributed by atoms with van der Waals surface area (Å²) in [7, 11) is 0. The maximum Gasteiger partial charge on any atom is 0.253 e. The van der Waals surface area contributed by atoms with E-state index < -0.39 is 0 Å². The SMILES string of the molecule is CCN(CC)C(=O)c1ccc(NO)cc1. The number of hydrogen-bond donors (Lipinski definition) is 2. The molecule has 0 aliphatic heterocycles. The summed E-state index contributed by atoms with van der Waals surface area (Å²) < 4.78 is 0. The van der Waals surface area contributed by atoms with Gasteiger partial charge in [0.15, 0.2) is 0 Å². The third-order valence-corrected chi connectivity index (χ3v) is 2.31. The van der Waals surface area contributed by atoms with Crippen molar-refractivity contribution in [3.05, 3.63) is 29.8 Å². The van der Waals surface area contributed by atoms with E-state index in [1.165, 1.54) is 0 Å². The second-order valence-corrected chi connectivity index (χ2v) is 3.17. The van der Waals surface area contributed by atoms with Crippen molar-refractivity contribution in [3.8, 4) is 0 Å². The largest absolute Gasteiger partial charge is 0.339 e. The Kier molecular flexibility index (Phi) is 4.12. The van der Waals surface area contributed by atoms with E-state index in [-0.39, 0.29) is 5.91 Å². The molecule has 4 nitrogen and oxygen atoms in total. The van der Waals surface area contributed by atoms with E-state index in [0.29, 0.717) is 24.3 Å². The van der Waals surface area contributed by atoms with Gasteiger partial charge in [-0.1, -0.05) is 0 Å². The molecule has 0 unspecified atom stereocenters. The third kappa shape index (κ3) is 2.70. The Morgan fingerprint density at radius 3 is 2.20 bits per heavy atom. The summed E-state index contributed by atoms with van der Waals surface area (Å²) in [6.07, 6.45) is 0. The van der Waals surface area contributed by atoms with Crippen LogP contribution in [-0.2, 0) is 0 Å². The molecule has 0 aromatic heterocycles. The molecular weight excluding hydrogens is 192 g/mol. The van der Waals surface area contributed by atoms with Crippen LogP contribution in [0.4, 0.5) is 5.69 Å². The molecule has 0 atom stereocenters. The van der Waals surface area contributed by atoms with E-state index in [0.717, 1.165) is 0 Å². The zero-order chi connectivity index (χ0) is 11.3. The molecule has 0 aliphatic carbocycles. The minimum Gasteiger partial charge on any atom is -0.339 e. The zero-order valence-corrected chi connectivity index (χ0v) is 9.03. The van der Waals surface area contributed by atoms with Crippen molar-refractivity contribution in [1.29, 1.82) is 0 Å². The number of rotatable bonds is 4. The van der Waals surface area contributed by atoms with Crippen LogP contribution in [0.5, 0.6) is 0 Å². The van der Waals surface area contributed by atoms with Crippen LogP contribution in [0.1, 0.15) is 24.2 Å². The Hall–Kier alpha value is -1.55. The fourth-order valence-corrected chi connectivity index (χ4v) is 1.38. The van der Waals surface area contributed by atoms with Gasteiger partial charge in [0, 0.05) is 18.7 Å². The molecular formula is C11H16N2O2. The van der Waals surface area contributed by atoms with Crippen LogP contribution in [0.3, 0.4) is 0 Å². The van der Waals surface area contributed by atoms with Crippen LogP contribution in [0.25, 0.3) is 0 Å². The van der Waals surface area contributed by atoms with E-state index in [1.54, 1.807) is 29.2 Å². The lowest BCUT2D eigenvalue weighted by Gasteiger charge is -2.18. The number of amides is 1. The number of hydrogen-bond acceptors (Lipinski definition) is 3. The first-order chi connectivity index (χ1) is 7.22. The average molecular weight is 208 g/mol. The topological polar surface area (TPSA) is 52.6 Å². The van der Waals surface area contributed by atoms with Crippen LogP contribution in [0.2, 0.25) is 0 Å². The highest BCUT2D eigenvalue weighted by molar-refractivity contribution is 5.94. The van der Waals surface area contributed by atoms with Crippen LogP contribution in [0.15, 0.2) is 24.3 Å². The van der Waals surface area contributed by atoms with Crippen LogP contribution in [0, 0.1) is 0 Å². The van der Waals surface area contributed by atoms with Crippen LogP contribution >= 0.6 is 0 Å². The van der Waals surface area contributed by atoms with E-state index >= 15 is 0 Å². The van der Waals surface area contributed by atoms with Crippen molar-refractivity contribution >= 4 is 11.6 Å². The van der Waals surface area contributed by atoms with Crippen molar-refractivity contribution in [2.75, 3.05) is 18.6 Å². The van der Waals surface area contributed by atoms with Gasteiger partial charge in [0.05, 0.1) is 5.69 Å². The van der Waals surface area contributed by atoms with Crippen molar-refractivity contribution < 1.29 is 10.0 Å². The minimum absolute atomic E-state index is 0.0180. The summed E-state index contributed by atoms with van der Waals surface area (Å²) in [5.41, 5.74) is 3.24. The quantitative estimate of drug-likeness (QED) is 0.744. The van der Waals surface area contributed by atoms with Gasteiger partial charge in [0.2, 0.25) is 0 Å². The summed E-state index contributed by atoms with van der Waals surface area (Å²) in [6.45, 7) is 5.31. The number of benzene rings is 1. The van der Waals surface area contributed by atoms with Gasteiger partial charge in [-0.2, -0.15) is 0 Å². The molecule has 1 aromatic rings. The Morgan fingerprint density at radius 1 is 1.27 bits per heavy atom. The number of nitrogens with zero attached hydrogens (tertiary/aromatic N) is 1. The summed E-state index contributed by atoms with van der Waals surface area (Å²) in [5.74, 6) is 0.0180. The molecule has 0 aliphatic rings. The van der Waals surface area contributed by atoms with Gasteiger partial charge in [-0.05, 0) is 38.1 Å². The number of carbonyl (C=O) groups excluding carboxylic acids is 1. The molecule has 2 N–H and O–H groups in total. The van der Waals surface area contributed by atoms with Crippen LogP contribution < -0.4 is 5.48 Å². The van der Waals surface area contributed by atoms with Gasteiger partial charge in [-0.25, -0.2) is 0 Å². The Morgan fingerprint density at radius 2 is 1.80 bits per heavy atom. The second-order valence-electron chi connectivity index (χ2n) is 3.17. The molecule has 1 amide bonds. The molecule has 0 radical (unpaired) electrons. The van der Waals surface area contributed by atoms with E-state index in [2.05, 4.69) is 0 Å². The van der Waals surface area contributed by atoms with Crippen molar-refractivity contribution in [2.24, 2.45) is 0 Å². The molecule has 0 bridgehead atoms. The first kappa shape index (κ1) is 11.5. The first-order valence-corrected chi connectivity index (χ1v) is 5.02. The lowest BCUT2D eigenvalue weighted by Crippen LogP contribution is -2.30. The predicted octanol–water partition coefficient (Wildman–Crippen LogP) is 1.97. The fourth-order valence-electron chi connectivity index (χ4n) is 1.38. The molecule has 0 fully saturated rings. The maximum atomic E-state index is 11.8. The van der Waals surface area contributed by atoms with Gasteiger partial charge < -0.3 is 4.90 Å². The number of carbonyl (C=O) groups is 1. The predicted molar refractivity (Wildman–Crippen MR) is 59.1 cm³/mol.